The zero-order chi connectivity index (χ0) is 23.0. The molecule has 0 radical (unpaired) electrons. The molecule has 1 atom stereocenters. The minimum Gasteiger partial charge on any atom is -0.493 e. The van der Waals surface area contributed by atoms with E-state index in [9.17, 15) is 18.0 Å². The summed E-state index contributed by atoms with van der Waals surface area (Å²) in [5.41, 5.74) is 2.40. The van der Waals surface area contributed by atoms with Crippen LogP contribution in [-0.4, -0.2) is 30.2 Å². The van der Waals surface area contributed by atoms with Gasteiger partial charge >= 0.3 is 6.18 Å². The lowest BCUT2D eigenvalue weighted by Crippen LogP contribution is -2.43. The smallest absolute Gasteiger partial charge is 0.410 e. The Kier molecular flexibility index (Phi) is 8.79. The first kappa shape index (κ1) is 24.4. The standard InChI is InChI=1S/C25H33F3N2O2/c1-2-3-4-5-6-7-8-11-18-32-23-20-13-10-9-12-19(20)14-15-21(23)24(25(26,27)28)30-17-16-22(31)29-30/h9-10,12-15,24H,2-8,11,16-18H2,1H3,(H,29,31). The van der Waals surface area contributed by atoms with Gasteiger partial charge in [-0.25, -0.2) is 5.01 Å². The fourth-order valence-electron chi connectivity index (χ4n) is 4.25. The topological polar surface area (TPSA) is 41.6 Å². The summed E-state index contributed by atoms with van der Waals surface area (Å²) >= 11 is 0. The second-order valence-electron chi connectivity index (χ2n) is 8.45. The minimum atomic E-state index is -4.56. The van der Waals surface area contributed by atoms with Crippen LogP contribution >= 0.6 is 0 Å². The number of hydrogen-bond acceptors (Lipinski definition) is 3. The van der Waals surface area contributed by atoms with Crippen LogP contribution in [0.5, 0.6) is 5.75 Å². The molecule has 1 N–H and O–H groups in total. The molecule has 0 saturated carbocycles. The average molecular weight is 451 g/mol. The highest BCUT2D eigenvalue weighted by molar-refractivity contribution is 5.90. The first-order valence-electron chi connectivity index (χ1n) is 11.7. The summed E-state index contributed by atoms with van der Waals surface area (Å²) in [5.74, 6) is -0.143. The maximum atomic E-state index is 14.1. The number of hydrogen-bond donors (Lipinski definition) is 1. The lowest BCUT2D eigenvalue weighted by Gasteiger charge is -2.31. The van der Waals surface area contributed by atoms with Crippen molar-refractivity contribution in [2.24, 2.45) is 0 Å². The van der Waals surface area contributed by atoms with Crippen LogP contribution in [0.4, 0.5) is 13.2 Å². The Morgan fingerprint density at radius 3 is 2.34 bits per heavy atom. The van der Waals surface area contributed by atoms with Gasteiger partial charge in [-0.15, -0.1) is 0 Å². The summed E-state index contributed by atoms with van der Waals surface area (Å²) in [4.78, 5) is 11.6. The van der Waals surface area contributed by atoms with Crippen molar-refractivity contribution < 1.29 is 22.7 Å². The van der Waals surface area contributed by atoms with Crippen LogP contribution in [0.3, 0.4) is 0 Å². The van der Waals surface area contributed by atoms with Gasteiger partial charge in [0.2, 0.25) is 5.91 Å². The Bertz CT molecular complexity index is 885. The number of unbranched alkanes of at least 4 members (excludes halogenated alkanes) is 7. The second-order valence-corrected chi connectivity index (χ2v) is 8.45. The summed E-state index contributed by atoms with van der Waals surface area (Å²) < 4.78 is 48.4. The third kappa shape index (κ3) is 6.37. The molecule has 3 rings (SSSR count). The number of benzene rings is 2. The van der Waals surface area contributed by atoms with Crippen LogP contribution in [0.25, 0.3) is 10.8 Å². The highest BCUT2D eigenvalue weighted by Crippen LogP contribution is 2.44. The summed E-state index contributed by atoms with van der Waals surface area (Å²) in [5, 5.41) is 2.47. The van der Waals surface area contributed by atoms with Crippen molar-refractivity contribution in [3.05, 3.63) is 42.0 Å². The molecule has 2 aromatic rings. The molecule has 1 fully saturated rings. The first-order chi connectivity index (χ1) is 15.4. The molecule has 1 unspecified atom stereocenters. The first-order valence-corrected chi connectivity index (χ1v) is 11.7. The van der Waals surface area contributed by atoms with E-state index in [1.165, 1.54) is 38.2 Å². The molecule has 4 nitrogen and oxygen atoms in total. The fourth-order valence-corrected chi connectivity index (χ4v) is 4.25. The number of amides is 1. The Morgan fingerprint density at radius 2 is 1.69 bits per heavy atom. The van der Waals surface area contributed by atoms with Crippen LogP contribution < -0.4 is 10.2 Å². The molecule has 1 heterocycles. The van der Waals surface area contributed by atoms with Crippen molar-refractivity contribution >= 4 is 16.7 Å². The van der Waals surface area contributed by atoms with Crippen LogP contribution in [0, 0.1) is 0 Å². The number of fused-ring (bicyclic) bond motifs is 1. The third-order valence-corrected chi connectivity index (χ3v) is 5.92. The number of alkyl halides is 3. The van der Waals surface area contributed by atoms with Gasteiger partial charge in [-0.05, 0) is 11.8 Å². The minimum absolute atomic E-state index is 0.00725. The van der Waals surface area contributed by atoms with Crippen molar-refractivity contribution in [2.45, 2.75) is 76.9 Å². The molecule has 0 bridgehead atoms. The van der Waals surface area contributed by atoms with E-state index in [-0.39, 0.29) is 24.3 Å². The lowest BCUT2D eigenvalue weighted by atomic mass is 9.99. The number of ether oxygens (including phenoxy) is 1. The normalized spacial score (nSPS) is 15.8. The molecule has 0 aliphatic carbocycles. The third-order valence-electron chi connectivity index (χ3n) is 5.92. The van der Waals surface area contributed by atoms with Gasteiger partial charge in [0, 0.05) is 23.9 Å². The number of rotatable bonds is 12. The van der Waals surface area contributed by atoms with E-state index < -0.39 is 18.1 Å². The maximum absolute atomic E-state index is 14.1. The second kappa shape index (κ2) is 11.5. The Morgan fingerprint density at radius 1 is 1.00 bits per heavy atom. The number of carbonyl (C=O) groups excluding carboxylic acids is 1. The molecule has 0 spiro atoms. The highest BCUT2D eigenvalue weighted by Gasteiger charge is 2.48. The number of hydrazine groups is 1. The Labute approximate surface area is 188 Å². The zero-order valence-electron chi connectivity index (χ0n) is 18.7. The molecule has 1 saturated heterocycles. The van der Waals surface area contributed by atoms with E-state index in [0.29, 0.717) is 12.0 Å². The summed E-state index contributed by atoms with van der Waals surface area (Å²) in [6.07, 6.45) is 4.57. The molecular formula is C25H33F3N2O2. The Balaban J connectivity index is 1.75. The molecular weight excluding hydrogens is 417 g/mol. The van der Waals surface area contributed by atoms with Crippen molar-refractivity contribution in [3.8, 4) is 5.75 Å². The predicted molar refractivity (Wildman–Crippen MR) is 120 cm³/mol. The quantitative estimate of drug-likeness (QED) is 0.366. The molecule has 0 aromatic heterocycles. The van der Waals surface area contributed by atoms with Crippen molar-refractivity contribution in [2.75, 3.05) is 13.2 Å². The molecule has 176 valence electrons. The van der Waals surface area contributed by atoms with Crippen molar-refractivity contribution in [1.82, 2.24) is 10.4 Å². The zero-order valence-corrected chi connectivity index (χ0v) is 18.7. The van der Waals surface area contributed by atoms with Gasteiger partial charge in [0.25, 0.3) is 0 Å². The van der Waals surface area contributed by atoms with Gasteiger partial charge in [0.1, 0.15) is 5.75 Å². The molecule has 32 heavy (non-hydrogen) atoms. The Hall–Kier alpha value is -2.28. The van der Waals surface area contributed by atoms with Crippen LogP contribution in [-0.2, 0) is 4.79 Å². The molecule has 1 aliphatic rings. The van der Waals surface area contributed by atoms with E-state index in [1.807, 2.05) is 12.1 Å². The van der Waals surface area contributed by atoms with Gasteiger partial charge in [-0.3, -0.25) is 10.2 Å². The molecule has 1 amide bonds. The van der Waals surface area contributed by atoms with Gasteiger partial charge in [0.15, 0.2) is 6.04 Å². The van der Waals surface area contributed by atoms with Gasteiger partial charge in [0.05, 0.1) is 6.61 Å². The number of nitrogens with zero attached hydrogens (tertiary/aromatic N) is 1. The van der Waals surface area contributed by atoms with Crippen molar-refractivity contribution in [3.63, 3.8) is 0 Å². The fraction of sp³-hybridized carbons (Fsp3) is 0.560. The van der Waals surface area contributed by atoms with E-state index >= 15 is 0 Å². The van der Waals surface area contributed by atoms with Crippen molar-refractivity contribution in [1.29, 1.82) is 0 Å². The highest BCUT2D eigenvalue weighted by atomic mass is 19.4. The van der Waals surface area contributed by atoms with Gasteiger partial charge < -0.3 is 4.74 Å². The number of nitrogens with one attached hydrogen (secondary N) is 1. The van der Waals surface area contributed by atoms with Gasteiger partial charge in [-0.1, -0.05) is 88.3 Å². The number of carbonyl (C=O) groups is 1. The van der Waals surface area contributed by atoms with E-state index in [4.69, 9.17) is 4.74 Å². The monoisotopic (exact) mass is 450 g/mol. The predicted octanol–water partition coefficient (Wildman–Crippen LogP) is 6.70. The molecule has 2 aromatic carbocycles. The van der Waals surface area contributed by atoms with Crippen LogP contribution in [0.15, 0.2) is 36.4 Å². The lowest BCUT2D eigenvalue weighted by molar-refractivity contribution is -0.191. The average Bonchev–Trinajstić information content (AvgIpc) is 3.18. The molecule has 7 heteroatoms. The van der Waals surface area contributed by atoms with Crippen LogP contribution in [0.2, 0.25) is 0 Å². The maximum Gasteiger partial charge on any atom is 0.410 e. The van der Waals surface area contributed by atoms with Gasteiger partial charge in [-0.2, -0.15) is 13.2 Å². The van der Waals surface area contributed by atoms with Crippen LogP contribution in [0.1, 0.15) is 76.3 Å². The van der Waals surface area contributed by atoms with E-state index in [0.717, 1.165) is 29.7 Å². The summed E-state index contributed by atoms with van der Waals surface area (Å²) in [7, 11) is 0. The molecule has 1 aliphatic heterocycles. The summed E-state index contributed by atoms with van der Waals surface area (Å²) in [6, 6.07) is 8.52. The van der Waals surface area contributed by atoms with E-state index in [1.54, 1.807) is 18.2 Å². The number of halogens is 3. The van der Waals surface area contributed by atoms with E-state index in [2.05, 4.69) is 12.3 Å². The largest absolute Gasteiger partial charge is 0.493 e. The SMILES string of the molecule is CCCCCCCCCCOc1c(C(N2CCC(=O)N2)C(F)(F)F)ccc2ccccc12. The summed E-state index contributed by atoms with van der Waals surface area (Å²) in [6.45, 7) is 2.57.